The van der Waals surface area contributed by atoms with Gasteiger partial charge in [-0.1, -0.05) is 19.1 Å². The summed E-state index contributed by atoms with van der Waals surface area (Å²) in [5.41, 5.74) is 1.12. The van der Waals surface area contributed by atoms with Gasteiger partial charge in [0.2, 0.25) is 0 Å². The molecule has 0 aliphatic rings. The third kappa shape index (κ3) is 4.67. The maximum Gasteiger partial charge on any atom is 0.120 e. The molecule has 0 bridgehead atoms. The molecule has 1 N–H and O–H groups in total. The van der Waals surface area contributed by atoms with Gasteiger partial charge in [0, 0.05) is 13.7 Å². The average molecular weight is 251 g/mol. The molecular weight excluding hydrogens is 226 g/mol. The first kappa shape index (κ1) is 15.0. The van der Waals surface area contributed by atoms with Crippen molar-refractivity contribution in [2.24, 2.45) is 0 Å². The highest BCUT2D eigenvalue weighted by molar-refractivity contribution is 5.28. The van der Waals surface area contributed by atoms with Crippen LogP contribution < -0.4 is 10.1 Å². The van der Waals surface area contributed by atoms with Crippen LogP contribution in [-0.2, 0) is 11.2 Å². The van der Waals surface area contributed by atoms with E-state index in [9.17, 15) is 0 Å². The number of methoxy groups -OCH3 is 1. The number of likely N-dealkylation sites (N-methyl/N-ethyl adjacent to an activating group) is 1. The van der Waals surface area contributed by atoms with Gasteiger partial charge in [-0.25, -0.2) is 0 Å². The standard InChI is InChI=1S/C15H25NO2/c1-5-15(2,12-16-3)18-14-8-6-13(7-9-14)10-11-17-4/h6-9,16H,5,10-12H2,1-4H3. The second kappa shape index (κ2) is 7.39. The molecule has 1 aromatic rings. The molecule has 0 aliphatic heterocycles. The highest BCUT2D eigenvalue weighted by atomic mass is 16.5. The summed E-state index contributed by atoms with van der Waals surface area (Å²) in [5, 5.41) is 3.18. The van der Waals surface area contributed by atoms with E-state index in [0.29, 0.717) is 0 Å². The molecule has 0 heterocycles. The number of ether oxygens (including phenoxy) is 2. The molecule has 18 heavy (non-hydrogen) atoms. The first-order valence-electron chi connectivity index (χ1n) is 6.55. The third-order valence-electron chi connectivity index (χ3n) is 3.18. The summed E-state index contributed by atoms with van der Waals surface area (Å²) >= 11 is 0. The van der Waals surface area contributed by atoms with Crippen LogP contribution in [0.25, 0.3) is 0 Å². The van der Waals surface area contributed by atoms with Crippen molar-refractivity contribution in [2.75, 3.05) is 27.3 Å². The Labute approximate surface area is 110 Å². The van der Waals surface area contributed by atoms with E-state index in [1.54, 1.807) is 7.11 Å². The molecule has 0 spiro atoms. The van der Waals surface area contributed by atoms with Gasteiger partial charge in [0.1, 0.15) is 11.4 Å². The topological polar surface area (TPSA) is 30.5 Å². The Morgan fingerprint density at radius 3 is 2.39 bits per heavy atom. The lowest BCUT2D eigenvalue weighted by atomic mass is 10.0. The minimum Gasteiger partial charge on any atom is -0.486 e. The van der Waals surface area contributed by atoms with Gasteiger partial charge in [-0.3, -0.25) is 0 Å². The Morgan fingerprint density at radius 1 is 1.22 bits per heavy atom. The van der Waals surface area contributed by atoms with Crippen molar-refractivity contribution in [3.8, 4) is 5.75 Å². The molecule has 0 amide bonds. The second-order valence-electron chi connectivity index (χ2n) is 4.82. The van der Waals surface area contributed by atoms with Gasteiger partial charge < -0.3 is 14.8 Å². The molecular formula is C15H25NO2. The van der Waals surface area contributed by atoms with E-state index in [1.807, 2.05) is 19.2 Å². The largest absolute Gasteiger partial charge is 0.486 e. The molecule has 0 radical (unpaired) electrons. The highest BCUT2D eigenvalue weighted by Crippen LogP contribution is 2.21. The van der Waals surface area contributed by atoms with Crippen LogP contribution in [0, 0.1) is 0 Å². The molecule has 3 nitrogen and oxygen atoms in total. The summed E-state index contributed by atoms with van der Waals surface area (Å²) < 4.78 is 11.1. The first-order chi connectivity index (χ1) is 8.63. The van der Waals surface area contributed by atoms with Crippen LogP contribution >= 0.6 is 0 Å². The Morgan fingerprint density at radius 2 is 1.89 bits per heavy atom. The minimum absolute atomic E-state index is 0.150. The van der Waals surface area contributed by atoms with E-state index in [2.05, 4.69) is 31.3 Å². The lowest BCUT2D eigenvalue weighted by Gasteiger charge is -2.29. The molecule has 0 saturated carbocycles. The molecule has 102 valence electrons. The van der Waals surface area contributed by atoms with Gasteiger partial charge in [0.15, 0.2) is 0 Å². The molecule has 0 saturated heterocycles. The maximum atomic E-state index is 6.06. The molecule has 0 fully saturated rings. The monoisotopic (exact) mass is 251 g/mol. The Hall–Kier alpha value is -1.06. The fraction of sp³-hybridized carbons (Fsp3) is 0.600. The predicted molar refractivity (Wildman–Crippen MR) is 75.3 cm³/mol. The van der Waals surface area contributed by atoms with Crippen molar-refractivity contribution in [3.63, 3.8) is 0 Å². The van der Waals surface area contributed by atoms with Crippen molar-refractivity contribution >= 4 is 0 Å². The SMILES string of the molecule is CCC(C)(CNC)Oc1ccc(CCOC)cc1. The Kier molecular flexibility index (Phi) is 6.16. The van der Waals surface area contributed by atoms with Crippen molar-refractivity contribution in [1.29, 1.82) is 0 Å². The van der Waals surface area contributed by atoms with Gasteiger partial charge in [-0.05, 0) is 44.5 Å². The molecule has 3 heteroatoms. The van der Waals surface area contributed by atoms with Crippen molar-refractivity contribution < 1.29 is 9.47 Å². The van der Waals surface area contributed by atoms with Crippen LogP contribution in [0.4, 0.5) is 0 Å². The predicted octanol–water partition coefficient (Wildman–Crippen LogP) is 2.64. The molecule has 1 atom stereocenters. The lowest BCUT2D eigenvalue weighted by molar-refractivity contribution is 0.0858. The summed E-state index contributed by atoms with van der Waals surface area (Å²) in [5.74, 6) is 0.927. The lowest BCUT2D eigenvalue weighted by Crippen LogP contribution is -2.41. The van der Waals surface area contributed by atoms with E-state index < -0.39 is 0 Å². The molecule has 0 aromatic heterocycles. The van der Waals surface area contributed by atoms with Gasteiger partial charge >= 0.3 is 0 Å². The summed E-state index contributed by atoms with van der Waals surface area (Å²) in [4.78, 5) is 0. The number of benzene rings is 1. The zero-order chi connectivity index (χ0) is 13.4. The highest BCUT2D eigenvalue weighted by Gasteiger charge is 2.22. The van der Waals surface area contributed by atoms with Gasteiger partial charge in [0.25, 0.3) is 0 Å². The number of rotatable bonds is 8. The number of nitrogens with one attached hydrogen (secondary N) is 1. The summed E-state index contributed by atoms with van der Waals surface area (Å²) in [7, 11) is 3.67. The minimum atomic E-state index is -0.150. The second-order valence-corrected chi connectivity index (χ2v) is 4.82. The molecule has 1 rings (SSSR count). The van der Waals surface area contributed by atoms with Crippen LogP contribution in [-0.4, -0.2) is 32.9 Å². The maximum absolute atomic E-state index is 6.06. The van der Waals surface area contributed by atoms with E-state index in [1.165, 1.54) is 5.56 Å². The molecule has 1 unspecified atom stereocenters. The van der Waals surface area contributed by atoms with Crippen LogP contribution in [0.2, 0.25) is 0 Å². The zero-order valence-electron chi connectivity index (χ0n) is 12.0. The molecule has 1 aromatic carbocycles. The van der Waals surface area contributed by atoms with Crippen molar-refractivity contribution in [3.05, 3.63) is 29.8 Å². The summed E-state index contributed by atoms with van der Waals surface area (Å²) in [6.45, 7) is 5.87. The summed E-state index contributed by atoms with van der Waals surface area (Å²) in [6, 6.07) is 8.27. The number of hydrogen-bond donors (Lipinski definition) is 1. The van der Waals surface area contributed by atoms with E-state index in [4.69, 9.17) is 9.47 Å². The third-order valence-corrected chi connectivity index (χ3v) is 3.18. The van der Waals surface area contributed by atoms with E-state index in [-0.39, 0.29) is 5.60 Å². The average Bonchev–Trinajstić information content (AvgIpc) is 2.38. The normalized spacial score (nSPS) is 14.2. The fourth-order valence-electron chi connectivity index (χ4n) is 1.84. The quantitative estimate of drug-likeness (QED) is 0.770. The van der Waals surface area contributed by atoms with Crippen molar-refractivity contribution in [1.82, 2.24) is 5.32 Å². The smallest absolute Gasteiger partial charge is 0.120 e. The van der Waals surface area contributed by atoms with Crippen molar-refractivity contribution in [2.45, 2.75) is 32.3 Å². The number of hydrogen-bond acceptors (Lipinski definition) is 3. The fourth-order valence-corrected chi connectivity index (χ4v) is 1.84. The van der Waals surface area contributed by atoms with Crippen LogP contribution in [0.5, 0.6) is 5.75 Å². The van der Waals surface area contributed by atoms with Gasteiger partial charge in [0.05, 0.1) is 6.61 Å². The van der Waals surface area contributed by atoms with Crippen LogP contribution in [0.15, 0.2) is 24.3 Å². The molecule has 0 aliphatic carbocycles. The van der Waals surface area contributed by atoms with Gasteiger partial charge in [-0.15, -0.1) is 0 Å². The van der Waals surface area contributed by atoms with Crippen LogP contribution in [0.1, 0.15) is 25.8 Å². The Bertz CT molecular complexity index is 337. The Balaban J connectivity index is 2.61. The van der Waals surface area contributed by atoms with E-state index in [0.717, 1.165) is 31.7 Å². The van der Waals surface area contributed by atoms with Crippen LogP contribution in [0.3, 0.4) is 0 Å². The van der Waals surface area contributed by atoms with Gasteiger partial charge in [-0.2, -0.15) is 0 Å². The first-order valence-corrected chi connectivity index (χ1v) is 6.55. The van der Waals surface area contributed by atoms with E-state index >= 15 is 0 Å². The summed E-state index contributed by atoms with van der Waals surface area (Å²) in [6.07, 6.45) is 1.91. The zero-order valence-corrected chi connectivity index (χ0v) is 12.0.